The molecule has 147 valence electrons. The standard InChI is InChI=1S/C25H47/c1-9-14-25(8,23-15-19(6)10-12-21(23)17(2)3)24-16-20(7)11-13-22(24)18(4)5/h17-24H,8-16H2,1-7H3. The molecular weight excluding hydrogens is 300 g/mol. The molecule has 0 saturated heterocycles. The molecule has 1 radical (unpaired) electrons. The van der Waals surface area contributed by atoms with E-state index in [0.717, 1.165) is 47.3 Å². The lowest BCUT2D eigenvalue weighted by Gasteiger charge is -2.56. The minimum Gasteiger partial charge on any atom is -0.0654 e. The summed E-state index contributed by atoms with van der Waals surface area (Å²) in [4.78, 5) is 0. The predicted molar refractivity (Wildman–Crippen MR) is 112 cm³/mol. The van der Waals surface area contributed by atoms with Gasteiger partial charge in [-0.2, -0.15) is 0 Å². The Hall–Kier alpha value is 0. The maximum atomic E-state index is 5.14. The zero-order valence-corrected chi connectivity index (χ0v) is 18.5. The third-order valence-electron chi connectivity index (χ3n) is 8.24. The monoisotopic (exact) mass is 347 g/mol. The Kier molecular flexibility index (Phi) is 7.49. The van der Waals surface area contributed by atoms with Crippen molar-refractivity contribution in [1.29, 1.82) is 0 Å². The summed E-state index contributed by atoms with van der Waals surface area (Å²) in [6, 6.07) is 0. The minimum atomic E-state index is 0.308. The largest absolute Gasteiger partial charge is 0.0654 e. The lowest BCUT2D eigenvalue weighted by atomic mass is 9.49. The van der Waals surface area contributed by atoms with Gasteiger partial charge in [-0.25, -0.2) is 0 Å². The van der Waals surface area contributed by atoms with Gasteiger partial charge >= 0.3 is 0 Å². The van der Waals surface area contributed by atoms with Crippen LogP contribution in [0.5, 0.6) is 0 Å². The van der Waals surface area contributed by atoms with Crippen LogP contribution < -0.4 is 0 Å². The van der Waals surface area contributed by atoms with E-state index >= 15 is 0 Å². The second-order valence-corrected chi connectivity index (χ2v) is 10.8. The van der Waals surface area contributed by atoms with Crippen LogP contribution in [-0.2, 0) is 0 Å². The van der Waals surface area contributed by atoms with Crippen LogP contribution in [0, 0.1) is 59.7 Å². The highest BCUT2D eigenvalue weighted by Crippen LogP contribution is 2.58. The molecule has 0 amide bonds. The van der Waals surface area contributed by atoms with Crippen molar-refractivity contribution in [3.8, 4) is 0 Å². The van der Waals surface area contributed by atoms with Crippen molar-refractivity contribution in [2.45, 2.75) is 99.8 Å². The first-order valence-electron chi connectivity index (χ1n) is 11.6. The minimum absolute atomic E-state index is 0.308. The molecule has 6 unspecified atom stereocenters. The van der Waals surface area contributed by atoms with Gasteiger partial charge in [0.2, 0.25) is 0 Å². The SMILES string of the molecule is [CH2]C(CCC)(C1CC(C)CCC1C(C)C)C1CC(C)CCC1C(C)C. The molecule has 2 fully saturated rings. The smallest absolute Gasteiger partial charge is 0.0235 e. The molecule has 2 aliphatic carbocycles. The molecule has 0 nitrogen and oxygen atoms in total. The van der Waals surface area contributed by atoms with Crippen molar-refractivity contribution in [3.05, 3.63) is 6.92 Å². The molecule has 0 aromatic heterocycles. The molecule has 2 aliphatic rings. The first-order valence-corrected chi connectivity index (χ1v) is 11.6. The Morgan fingerprint density at radius 2 is 1.20 bits per heavy atom. The van der Waals surface area contributed by atoms with Crippen molar-refractivity contribution in [2.24, 2.45) is 52.8 Å². The molecule has 2 rings (SSSR count). The fourth-order valence-corrected chi connectivity index (χ4v) is 6.84. The Morgan fingerprint density at radius 1 is 0.800 bits per heavy atom. The zero-order valence-electron chi connectivity index (χ0n) is 18.5. The van der Waals surface area contributed by atoms with Gasteiger partial charge < -0.3 is 0 Å². The lowest BCUT2D eigenvalue weighted by molar-refractivity contribution is -0.0496. The van der Waals surface area contributed by atoms with Gasteiger partial charge in [-0.15, -0.1) is 0 Å². The third kappa shape index (κ3) is 4.65. The van der Waals surface area contributed by atoms with E-state index in [1.54, 1.807) is 0 Å². The fraction of sp³-hybridized carbons (Fsp3) is 0.960. The van der Waals surface area contributed by atoms with E-state index in [4.69, 9.17) is 6.92 Å². The van der Waals surface area contributed by atoms with Gasteiger partial charge in [0.15, 0.2) is 0 Å². The lowest BCUT2D eigenvalue weighted by Crippen LogP contribution is -2.48. The average molecular weight is 348 g/mol. The van der Waals surface area contributed by atoms with Gasteiger partial charge in [-0.05, 0) is 91.8 Å². The van der Waals surface area contributed by atoms with E-state index in [-0.39, 0.29) is 0 Å². The molecule has 25 heavy (non-hydrogen) atoms. The molecule has 0 spiro atoms. The van der Waals surface area contributed by atoms with Crippen molar-refractivity contribution < 1.29 is 0 Å². The van der Waals surface area contributed by atoms with Crippen LogP contribution >= 0.6 is 0 Å². The number of hydrogen-bond acceptors (Lipinski definition) is 0. The second-order valence-electron chi connectivity index (χ2n) is 10.8. The van der Waals surface area contributed by atoms with Crippen molar-refractivity contribution >= 4 is 0 Å². The van der Waals surface area contributed by atoms with E-state index in [1.807, 2.05) is 0 Å². The molecule has 0 heterocycles. The van der Waals surface area contributed by atoms with Crippen LogP contribution in [0.2, 0.25) is 0 Å². The van der Waals surface area contributed by atoms with E-state index in [1.165, 1.54) is 51.4 Å². The molecule has 0 aromatic rings. The topological polar surface area (TPSA) is 0 Å². The van der Waals surface area contributed by atoms with E-state index < -0.39 is 0 Å². The summed E-state index contributed by atoms with van der Waals surface area (Å²) in [5.41, 5.74) is 0.308. The van der Waals surface area contributed by atoms with E-state index in [2.05, 4.69) is 48.5 Å². The van der Waals surface area contributed by atoms with Gasteiger partial charge in [-0.1, -0.05) is 67.7 Å². The summed E-state index contributed by atoms with van der Waals surface area (Å²) >= 11 is 0. The summed E-state index contributed by atoms with van der Waals surface area (Å²) in [7, 11) is 0. The Labute approximate surface area is 159 Å². The third-order valence-corrected chi connectivity index (χ3v) is 8.24. The highest BCUT2D eigenvalue weighted by molar-refractivity contribution is 5.02. The quantitative estimate of drug-likeness (QED) is 0.456. The van der Waals surface area contributed by atoms with Crippen LogP contribution in [0.4, 0.5) is 0 Å². The highest BCUT2D eigenvalue weighted by Gasteiger charge is 2.50. The fourth-order valence-electron chi connectivity index (χ4n) is 6.84. The highest BCUT2D eigenvalue weighted by atomic mass is 14.5. The first kappa shape index (κ1) is 21.3. The molecule has 0 aliphatic heterocycles. The van der Waals surface area contributed by atoms with Gasteiger partial charge in [0.25, 0.3) is 0 Å². The second kappa shape index (κ2) is 8.79. The normalized spacial score (nSPS) is 39.6. The Bertz CT molecular complexity index is 361. The van der Waals surface area contributed by atoms with Gasteiger partial charge in [0.1, 0.15) is 0 Å². The summed E-state index contributed by atoms with van der Waals surface area (Å²) < 4.78 is 0. The zero-order chi connectivity index (χ0) is 18.8. The molecular formula is C25H47. The van der Waals surface area contributed by atoms with Crippen LogP contribution in [0.15, 0.2) is 0 Å². The van der Waals surface area contributed by atoms with Crippen molar-refractivity contribution in [3.63, 3.8) is 0 Å². The summed E-state index contributed by atoms with van der Waals surface area (Å²) in [6.45, 7) is 22.4. The van der Waals surface area contributed by atoms with E-state index in [9.17, 15) is 0 Å². The van der Waals surface area contributed by atoms with E-state index in [0.29, 0.717) is 5.41 Å². The van der Waals surface area contributed by atoms with Crippen LogP contribution in [-0.4, -0.2) is 0 Å². The summed E-state index contributed by atoms with van der Waals surface area (Å²) in [6.07, 6.45) is 11.3. The number of rotatable bonds is 6. The van der Waals surface area contributed by atoms with Crippen LogP contribution in [0.1, 0.15) is 99.8 Å². The Balaban J connectivity index is 2.39. The molecule has 0 bridgehead atoms. The Morgan fingerprint density at radius 3 is 1.52 bits per heavy atom. The number of hydrogen-bond donors (Lipinski definition) is 0. The van der Waals surface area contributed by atoms with Crippen molar-refractivity contribution in [1.82, 2.24) is 0 Å². The van der Waals surface area contributed by atoms with Crippen LogP contribution in [0.3, 0.4) is 0 Å². The molecule has 2 saturated carbocycles. The maximum absolute atomic E-state index is 5.14. The average Bonchev–Trinajstić information content (AvgIpc) is 2.54. The molecule has 6 atom stereocenters. The summed E-state index contributed by atoms with van der Waals surface area (Å²) in [5.74, 6) is 6.90. The molecule has 0 heteroatoms. The van der Waals surface area contributed by atoms with Crippen molar-refractivity contribution in [2.75, 3.05) is 0 Å². The molecule has 0 N–H and O–H groups in total. The first-order chi connectivity index (χ1) is 11.7. The van der Waals surface area contributed by atoms with Gasteiger partial charge in [0, 0.05) is 0 Å². The predicted octanol–water partition coefficient (Wildman–Crippen LogP) is 8.02. The maximum Gasteiger partial charge on any atom is -0.0235 e. The van der Waals surface area contributed by atoms with Gasteiger partial charge in [0.05, 0.1) is 0 Å². The summed E-state index contributed by atoms with van der Waals surface area (Å²) in [5, 5.41) is 0. The van der Waals surface area contributed by atoms with Crippen LogP contribution in [0.25, 0.3) is 0 Å². The molecule has 0 aromatic carbocycles. The van der Waals surface area contributed by atoms with Gasteiger partial charge in [-0.3, -0.25) is 0 Å².